The van der Waals surface area contributed by atoms with Crippen LogP contribution in [0, 0.1) is 0 Å². The molecule has 1 unspecified atom stereocenters. The van der Waals surface area contributed by atoms with E-state index < -0.39 is 6.10 Å². The number of allylic oxidation sites excluding steroid dienone is 6. The lowest BCUT2D eigenvalue weighted by atomic mass is 10.1. The fraction of sp³-hybridized carbons (Fsp3) is 0.804. The molecule has 0 radical (unpaired) electrons. The lowest BCUT2D eigenvalue weighted by Crippen LogP contribution is -2.30. The number of ether oxygens (including phenoxy) is 3. The van der Waals surface area contributed by atoms with Crippen LogP contribution in [0.4, 0.5) is 0 Å². The van der Waals surface area contributed by atoms with Gasteiger partial charge in [0.05, 0.1) is 0 Å². The highest BCUT2D eigenvalue weighted by Gasteiger charge is 2.19. The molecule has 0 bridgehead atoms. The minimum absolute atomic E-state index is 0.0766. The number of unbranched alkanes of at least 4 members (excludes halogenated alkanes) is 22. The molecule has 0 aromatic rings. The number of esters is 3. The molecule has 6 heteroatoms. The minimum atomic E-state index is -0.773. The predicted molar refractivity (Wildman–Crippen MR) is 219 cm³/mol. The molecule has 0 fully saturated rings. The minimum Gasteiger partial charge on any atom is -0.462 e. The molecule has 0 aliphatic rings. The average Bonchev–Trinajstić information content (AvgIpc) is 3.14. The van der Waals surface area contributed by atoms with Crippen molar-refractivity contribution >= 4 is 17.9 Å². The molecule has 302 valence electrons. The van der Waals surface area contributed by atoms with E-state index in [0.29, 0.717) is 19.3 Å². The highest BCUT2D eigenvalue weighted by Crippen LogP contribution is 2.14. The summed E-state index contributed by atoms with van der Waals surface area (Å²) in [4.78, 5) is 37.6. The normalized spacial score (nSPS) is 12.3. The van der Waals surface area contributed by atoms with Gasteiger partial charge in [0.25, 0.3) is 0 Å². The van der Waals surface area contributed by atoms with Gasteiger partial charge in [-0.2, -0.15) is 0 Å². The molecular weight excluding hydrogens is 648 g/mol. The first-order chi connectivity index (χ1) is 25.5. The summed E-state index contributed by atoms with van der Waals surface area (Å²) in [7, 11) is 0. The van der Waals surface area contributed by atoms with Crippen molar-refractivity contribution in [2.45, 2.75) is 226 Å². The highest BCUT2D eigenvalue weighted by molar-refractivity contribution is 5.71. The fourth-order valence-corrected chi connectivity index (χ4v) is 6.05. The zero-order valence-corrected chi connectivity index (χ0v) is 34.3. The summed E-state index contributed by atoms with van der Waals surface area (Å²) in [6.07, 6.45) is 45.5. The van der Waals surface area contributed by atoms with Crippen LogP contribution in [-0.2, 0) is 28.6 Å². The number of rotatable bonds is 39. The smallest absolute Gasteiger partial charge is 0.306 e. The summed E-state index contributed by atoms with van der Waals surface area (Å²) >= 11 is 0. The second-order valence-electron chi connectivity index (χ2n) is 14.6. The first-order valence-corrected chi connectivity index (χ1v) is 22.0. The van der Waals surface area contributed by atoms with Crippen molar-refractivity contribution in [1.82, 2.24) is 0 Å². The van der Waals surface area contributed by atoms with Crippen LogP contribution >= 0.6 is 0 Å². The molecule has 6 nitrogen and oxygen atoms in total. The molecule has 0 aliphatic heterocycles. The first kappa shape index (κ1) is 49.6. The summed E-state index contributed by atoms with van der Waals surface area (Å²) in [5.74, 6) is -0.898. The van der Waals surface area contributed by atoms with E-state index in [1.165, 1.54) is 89.9 Å². The second kappa shape index (κ2) is 41.4. The summed E-state index contributed by atoms with van der Waals surface area (Å²) < 4.78 is 16.6. The van der Waals surface area contributed by atoms with Crippen LogP contribution in [0.1, 0.15) is 220 Å². The van der Waals surface area contributed by atoms with Crippen LogP contribution in [0.2, 0.25) is 0 Å². The molecule has 0 N–H and O–H groups in total. The van der Waals surface area contributed by atoms with Crippen molar-refractivity contribution in [3.05, 3.63) is 36.5 Å². The molecule has 0 saturated carbocycles. The van der Waals surface area contributed by atoms with Crippen LogP contribution < -0.4 is 0 Å². The van der Waals surface area contributed by atoms with Gasteiger partial charge < -0.3 is 14.2 Å². The molecule has 0 amide bonds. The maximum atomic E-state index is 12.7. The molecule has 0 aromatic carbocycles. The Morgan fingerprint density at radius 1 is 0.404 bits per heavy atom. The quantitative estimate of drug-likeness (QED) is 0.0271. The molecule has 52 heavy (non-hydrogen) atoms. The van der Waals surface area contributed by atoms with Crippen molar-refractivity contribution < 1.29 is 28.6 Å². The number of carbonyl (C=O) groups is 3. The number of hydrogen-bond acceptors (Lipinski definition) is 6. The maximum Gasteiger partial charge on any atom is 0.306 e. The molecule has 0 saturated heterocycles. The van der Waals surface area contributed by atoms with Gasteiger partial charge in [-0.15, -0.1) is 0 Å². The monoisotopic (exact) mass is 731 g/mol. The van der Waals surface area contributed by atoms with Gasteiger partial charge in [0.15, 0.2) is 6.10 Å². The van der Waals surface area contributed by atoms with Crippen LogP contribution in [0.3, 0.4) is 0 Å². The summed E-state index contributed by atoms with van der Waals surface area (Å²) in [6.45, 7) is 6.45. The van der Waals surface area contributed by atoms with Crippen molar-refractivity contribution in [2.24, 2.45) is 0 Å². The number of carbonyl (C=O) groups excluding carboxylic acids is 3. The van der Waals surface area contributed by atoms with E-state index in [1.807, 2.05) is 0 Å². The molecule has 0 heterocycles. The van der Waals surface area contributed by atoms with E-state index in [4.69, 9.17) is 14.2 Å². The van der Waals surface area contributed by atoms with E-state index in [9.17, 15) is 14.4 Å². The molecule has 0 rings (SSSR count). The largest absolute Gasteiger partial charge is 0.462 e. The Kier molecular flexibility index (Phi) is 39.5. The second-order valence-corrected chi connectivity index (χ2v) is 14.6. The van der Waals surface area contributed by atoms with Crippen LogP contribution in [0.5, 0.6) is 0 Å². The third-order valence-corrected chi connectivity index (χ3v) is 9.38. The van der Waals surface area contributed by atoms with Crippen molar-refractivity contribution in [1.29, 1.82) is 0 Å². The highest BCUT2D eigenvalue weighted by atomic mass is 16.6. The lowest BCUT2D eigenvalue weighted by molar-refractivity contribution is -0.167. The molecule has 0 spiro atoms. The zero-order valence-electron chi connectivity index (χ0n) is 34.3. The summed E-state index contributed by atoms with van der Waals surface area (Å²) in [5, 5.41) is 0. The Morgan fingerprint density at radius 2 is 0.769 bits per heavy atom. The summed E-state index contributed by atoms with van der Waals surface area (Å²) in [6, 6.07) is 0. The van der Waals surface area contributed by atoms with E-state index in [2.05, 4.69) is 57.2 Å². The van der Waals surface area contributed by atoms with Crippen LogP contribution in [-0.4, -0.2) is 37.2 Å². The fourth-order valence-electron chi connectivity index (χ4n) is 6.05. The Bertz CT molecular complexity index is 891. The lowest BCUT2D eigenvalue weighted by Gasteiger charge is -2.18. The number of hydrogen-bond donors (Lipinski definition) is 0. The molecule has 0 aromatic heterocycles. The van der Waals surface area contributed by atoms with Gasteiger partial charge in [-0.05, 0) is 64.2 Å². The molecular formula is C46H82O6. The predicted octanol–water partition coefficient (Wildman–Crippen LogP) is 13.8. The third-order valence-electron chi connectivity index (χ3n) is 9.38. The van der Waals surface area contributed by atoms with Crippen molar-refractivity contribution in [3.8, 4) is 0 Å². The van der Waals surface area contributed by atoms with Gasteiger partial charge >= 0.3 is 17.9 Å². The zero-order chi connectivity index (χ0) is 38.0. The Balaban J connectivity index is 4.36. The van der Waals surface area contributed by atoms with Crippen molar-refractivity contribution in [3.63, 3.8) is 0 Å². The average molecular weight is 731 g/mol. The van der Waals surface area contributed by atoms with E-state index >= 15 is 0 Å². The Hall–Kier alpha value is -2.37. The molecule has 1 atom stereocenters. The standard InChI is InChI=1S/C46H82O6/c1-4-7-10-13-16-19-21-22-23-25-27-30-33-36-39-45(48)51-42-43(41-50-44(47)38-35-32-29-26-18-15-12-9-6-3)52-46(49)40-37-34-31-28-24-20-17-14-11-8-5-2/h7,10,14,16-17,19,43H,4-6,8-9,11-13,15,18,20-42H2,1-3H3/b10-7-,17-14-,19-16-. The Labute approximate surface area is 321 Å². The van der Waals surface area contributed by atoms with Gasteiger partial charge in [0, 0.05) is 19.3 Å². The summed E-state index contributed by atoms with van der Waals surface area (Å²) in [5.41, 5.74) is 0. The first-order valence-electron chi connectivity index (χ1n) is 22.0. The van der Waals surface area contributed by atoms with Crippen LogP contribution in [0.15, 0.2) is 36.5 Å². The Morgan fingerprint density at radius 3 is 1.23 bits per heavy atom. The maximum absolute atomic E-state index is 12.7. The van der Waals surface area contributed by atoms with E-state index in [0.717, 1.165) is 89.9 Å². The van der Waals surface area contributed by atoms with Gasteiger partial charge in [0.2, 0.25) is 0 Å². The van der Waals surface area contributed by atoms with Gasteiger partial charge in [0.1, 0.15) is 13.2 Å². The van der Waals surface area contributed by atoms with E-state index in [1.54, 1.807) is 0 Å². The van der Waals surface area contributed by atoms with Crippen LogP contribution in [0.25, 0.3) is 0 Å². The van der Waals surface area contributed by atoms with E-state index in [-0.39, 0.29) is 31.1 Å². The molecule has 0 aliphatic carbocycles. The van der Waals surface area contributed by atoms with Gasteiger partial charge in [-0.1, -0.05) is 173 Å². The topological polar surface area (TPSA) is 78.9 Å². The van der Waals surface area contributed by atoms with Gasteiger partial charge in [-0.3, -0.25) is 14.4 Å². The van der Waals surface area contributed by atoms with Gasteiger partial charge in [-0.25, -0.2) is 0 Å². The third kappa shape index (κ3) is 38.9. The SMILES string of the molecule is CC/C=C\C/C=C\CCCCCCCCCC(=O)OCC(COC(=O)CCCCCCCCCCC)OC(=O)CCCCCCC/C=C\CCCC. The van der Waals surface area contributed by atoms with Crippen molar-refractivity contribution in [2.75, 3.05) is 13.2 Å².